The smallest absolute Gasteiger partial charge is 0.324 e. The number of likely N-dealkylation sites (N-methyl/N-ethyl adjacent to an activating group) is 1. The van der Waals surface area contributed by atoms with E-state index < -0.39 is 0 Å². The van der Waals surface area contributed by atoms with Gasteiger partial charge >= 0.3 is 6.03 Å². The number of carbonyl (C=O) groups excluding carboxylic acids is 1. The van der Waals surface area contributed by atoms with Crippen LogP contribution in [0.25, 0.3) is 26.4 Å². The van der Waals surface area contributed by atoms with Gasteiger partial charge in [0.2, 0.25) is 0 Å². The van der Waals surface area contributed by atoms with E-state index in [-0.39, 0.29) is 11.4 Å². The minimum absolute atomic E-state index is 0.181. The Kier molecular flexibility index (Phi) is 8.02. The van der Waals surface area contributed by atoms with Crippen LogP contribution in [0.5, 0.6) is 0 Å². The van der Waals surface area contributed by atoms with E-state index in [1.807, 2.05) is 45.0 Å². The summed E-state index contributed by atoms with van der Waals surface area (Å²) in [6, 6.07) is 15.9. The highest BCUT2D eigenvalue weighted by Gasteiger charge is 2.20. The van der Waals surface area contributed by atoms with Crippen molar-refractivity contribution in [1.29, 1.82) is 0 Å². The van der Waals surface area contributed by atoms with Crippen molar-refractivity contribution >= 4 is 44.1 Å². The Hall–Kier alpha value is -3.73. The number of amides is 2. The first-order valence-corrected chi connectivity index (χ1v) is 15.6. The molecule has 1 saturated heterocycles. The van der Waals surface area contributed by atoms with Crippen LogP contribution in [0.3, 0.4) is 0 Å². The second-order valence-corrected chi connectivity index (χ2v) is 13.1. The van der Waals surface area contributed by atoms with Crippen LogP contribution in [0.4, 0.5) is 16.3 Å². The highest BCUT2D eigenvalue weighted by molar-refractivity contribution is 7.23. The van der Waals surface area contributed by atoms with Crippen molar-refractivity contribution in [3.05, 3.63) is 66.1 Å². The Morgan fingerprint density at radius 3 is 2.48 bits per heavy atom. The van der Waals surface area contributed by atoms with Crippen LogP contribution in [0.2, 0.25) is 0 Å². The third-order valence-electron chi connectivity index (χ3n) is 7.94. The van der Waals surface area contributed by atoms with E-state index in [0.717, 1.165) is 35.7 Å². The van der Waals surface area contributed by atoms with Gasteiger partial charge in [-0.25, -0.2) is 9.78 Å². The second-order valence-electron chi connectivity index (χ2n) is 12.0. The van der Waals surface area contributed by atoms with Gasteiger partial charge in [-0.2, -0.15) is 0 Å². The average molecular weight is 586 g/mol. The number of aromatic nitrogens is 3. The zero-order chi connectivity index (χ0) is 29.3. The lowest BCUT2D eigenvalue weighted by atomic mass is 9.93. The van der Waals surface area contributed by atoms with Gasteiger partial charge in [0, 0.05) is 55.1 Å². The number of benzene rings is 2. The number of carbonyl (C=O) groups is 1. The van der Waals surface area contributed by atoms with Gasteiger partial charge < -0.3 is 19.6 Å². The molecule has 6 rings (SSSR count). The number of hydrogen-bond donors (Lipinski definition) is 2. The molecule has 0 spiro atoms. The monoisotopic (exact) mass is 585 g/mol. The largest absolute Gasteiger partial charge is 0.359 e. The first-order chi connectivity index (χ1) is 20.2. The van der Waals surface area contributed by atoms with Crippen molar-refractivity contribution in [3.63, 3.8) is 0 Å². The van der Waals surface area contributed by atoms with Gasteiger partial charge in [0.1, 0.15) is 5.76 Å². The first kappa shape index (κ1) is 28.4. The van der Waals surface area contributed by atoms with Crippen molar-refractivity contribution in [2.75, 3.05) is 49.9 Å². The molecule has 5 aromatic rings. The van der Waals surface area contributed by atoms with Gasteiger partial charge in [-0.15, -0.1) is 0 Å². The number of anilines is 2. The van der Waals surface area contributed by atoms with E-state index >= 15 is 0 Å². The Labute approximate surface area is 250 Å². The number of hydrogen-bond acceptors (Lipinski definition) is 7. The van der Waals surface area contributed by atoms with E-state index in [0.29, 0.717) is 17.3 Å². The lowest BCUT2D eigenvalue weighted by Gasteiger charge is -2.34. The third-order valence-corrected chi connectivity index (χ3v) is 8.97. The molecule has 2 aromatic carbocycles. The minimum Gasteiger partial charge on any atom is -0.359 e. The van der Waals surface area contributed by atoms with Crippen molar-refractivity contribution in [2.24, 2.45) is 0 Å². The van der Waals surface area contributed by atoms with Crippen LogP contribution >= 0.6 is 11.3 Å². The van der Waals surface area contributed by atoms with E-state index in [9.17, 15) is 4.79 Å². The van der Waals surface area contributed by atoms with E-state index in [1.165, 1.54) is 48.4 Å². The predicted octanol–water partition coefficient (Wildman–Crippen LogP) is 6.72. The Balaban J connectivity index is 1.08. The van der Waals surface area contributed by atoms with E-state index in [4.69, 9.17) is 9.51 Å². The maximum absolute atomic E-state index is 12.5. The van der Waals surface area contributed by atoms with Crippen LogP contribution in [-0.4, -0.2) is 69.6 Å². The second kappa shape index (κ2) is 11.9. The maximum Gasteiger partial charge on any atom is 0.324 e. The quantitative estimate of drug-likeness (QED) is 0.210. The average Bonchev–Trinajstić information content (AvgIpc) is 3.69. The zero-order valence-corrected chi connectivity index (χ0v) is 25.6. The summed E-state index contributed by atoms with van der Waals surface area (Å²) in [6.45, 7) is 15.4. The number of urea groups is 1. The summed E-state index contributed by atoms with van der Waals surface area (Å²) >= 11 is 1.71. The van der Waals surface area contributed by atoms with Crippen molar-refractivity contribution in [3.8, 4) is 11.3 Å². The van der Waals surface area contributed by atoms with Crippen molar-refractivity contribution in [2.45, 2.75) is 46.0 Å². The molecule has 0 atom stereocenters. The van der Waals surface area contributed by atoms with Gasteiger partial charge in [-0.3, -0.25) is 9.72 Å². The molecule has 4 heterocycles. The van der Waals surface area contributed by atoms with Crippen molar-refractivity contribution < 1.29 is 9.32 Å². The number of fused-ring (bicyclic) bond motifs is 3. The highest BCUT2D eigenvalue weighted by atomic mass is 32.1. The molecule has 0 bridgehead atoms. The Morgan fingerprint density at radius 2 is 1.76 bits per heavy atom. The van der Waals surface area contributed by atoms with Crippen LogP contribution in [0.15, 0.2) is 59.3 Å². The maximum atomic E-state index is 12.5. The number of nitrogens with one attached hydrogen (secondary N) is 2. The minimum atomic E-state index is -0.375. The summed E-state index contributed by atoms with van der Waals surface area (Å²) in [6.07, 6.45) is 4.37. The molecular weight excluding hydrogens is 546 g/mol. The van der Waals surface area contributed by atoms with Gasteiger partial charge in [0.15, 0.2) is 10.8 Å². The summed E-state index contributed by atoms with van der Waals surface area (Å²) in [5.74, 6) is 1.09. The number of nitrogens with zero attached hydrogens (tertiary/aromatic N) is 5. The molecule has 2 N–H and O–H groups in total. The molecule has 42 heavy (non-hydrogen) atoms. The third kappa shape index (κ3) is 6.35. The molecule has 0 unspecified atom stereocenters. The van der Waals surface area contributed by atoms with Crippen LogP contribution in [-0.2, 0) is 11.8 Å². The standard InChI is InChI=1S/C32H39N7O2S/c1-5-37-15-17-38(18-16-37)14-6-7-22-8-13-27-26(19-22)39-21-25(34-31(39)42-27)23-9-11-24(12-10-23)33-30(40)35-29-20-28(41-36-29)32(2,3)4/h8-13,19-21H,5-7,14-18H2,1-4H3,(H2,33,35,36,40). The van der Waals surface area contributed by atoms with Crippen LogP contribution in [0, 0.1) is 0 Å². The fourth-order valence-corrected chi connectivity index (χ4v) is 6.35. The molecule has 220 valence electrons. The predicted molar refractivity (Wildman–Crippen MR) is 171 cm³/mol. The van der Waals surface area contributed by atoms with Crippen LogP contribution in [0.1, 0.15) is 45.4 Å². The Morgan fingerprint density at radius 1 is 1.00 bits per heavy atom. The molecule has 1 aliphatic heterocycles. The molecule has 0 radical (unpaired) electrons. The molecule has 0 saturated carbocycles. The van der Waals surface area contributed by atoms with Gasteiger partial charge in [0.25, 0.3) is 0 Å². The number of rotatable bonds is 8. The molecule has 1 fully saturated rings. The van der Waals surface area contributed by atoms with Crippen molar-refractivity contribution in [1.82, 2.24) is 24.3 Å². The summed E-state index contributed by atoms with van der Waals surface area (Å²) in [4.78, 5) is 23.5. The topological polar surface area (TPSA) is 90.9 Å². The number of aryl methyl sites for hydroxylation is 1. The first-order valence-electron chi connectivity index (χ1n) is 14.8. The highest BCUT2D eigenvalue weighted by Crippen LogP contribution is 2.31. The lowest BCUT2D eigenvalue weighted by Crippen LogP contribution is -2.46. The fraction of sp³-hybridized carbons (Fsp3) is 0.406. The number of piperazine rings is 1. The van der Waals surface area contributed by atoms with Gasteiger partial charge in [0.05, 0.1) is 15.9 Å². The van der Waals surface area contributed by atoms with Crippen LogP contribution < -0.4 is 10.6 Å². The lowest BCUT2D eigenvalue weighted by molar-refractivity contribution is 0.136. The van der Waals surface area contributed by atoms with Gasteiger partial charge in [-0.1, -0.05) is 62.4 Å². The number of thiazole rings is 1. The summed E-state index contributed by atoms with van der Waals surface area (Å²) < 4.78 is 8.79. The van der Waals surface area contributed by atoms with E-state index in [1.54, 1.807) is 17.4 Å². The molecule has 9 nitrogen and oxygen atoms in total. The SMILES string of the molecule is CCN1CCN(CCCc2ccc3sc4nc(-c5ccc(NC(=O)Nc6cc(C(C)(C)C)on6)cc5)cn4c3c2)CC1. The molecule has 2 amide bonds. The molecule has 0 aliphatic carbocycles. The molecule has 10 heteroatoms. The van der Waals surface area contributed by atoms with E-state index in [2.05, 4.69) is 61.3 Å². The Bertz CT molecular complexity index is 1670. The summed E-state index contributed by atoms with van der Waals surface area (Å²) in [7, 11) is 0. The summed E-state index contributed by atoms with van der Waals surface area (Å²) in [5, 5.41) is 9.52. The molecule has 1 aliphatic rings. The zero-order valence-electron chi connectivity index (χ0n) is 24.8. The fourth-order valence-electron chi connectivity index (χ4n) is 5.36. The van der Waals surface area contributed by atoms with Gasteiger partial charge in [-0.05, 0) is 55.8 Å². The molecular formula is C32H39N7O2S. The normalized spacial score (nSPS) is 15.0. The molecule has 3 aromatic heterocycles. The summed E-state index contributed by atoms with van der Waals surface area (Å²) in [5.41, 5.74) is 4.99. The number of imidazole rings is 1.